The summed E-state index contributed by atoms with van der Waals surface area (Å²) in [6.07, 6.45) is 6.23. The van der Waals surface area contributed by atoms with Gasteiger partial charge in [0.2, 0.25) is 0 Å². The third-order valence-electron chi connectivity index (χ3n) is 6.22. The second-order valence-corrected chi connectivity index (χ2v) is 8.51. The minimum absolute atomic E-state index is 0.123. The first kappa shape index (κ1) is 22.7. The van der Waals surface area contributed by atoms with Crippen molar-refractivity contribution >= 4 is 28.4 Å². The van der Waals surface area contributed by atoms with Gasteiger partial charge in [0.25, 0.3) is 5.91 Å². The van der Waals surface area contributed by atoms with Gasteiger partial charge in [-0.15, -0.1) is 0 Å². The number of hydrogen-bond donors (Lipinski definition) is 3. The van der Waals surface area contributed by atoms with E-state index in [2.05, 4.69) is 35.5 Å². The number of nitrogens with zero attached hydrogens (tertiary/aromatic N) is 5. The van der Waals surface area contributed by atoms with E-state index in [9.17, 15) is 9.90 Å². The number of carbonyl (C=O) groups is 1. The number of fused-ring (bicyclic) bond motifs is 1. The maximum atomic E-state index is 12.2. The van der Waals surface area contributed by atoms with Gasteiger partial charge in [-0.3, -0.25) is 9.78 Å². The third kappa shape index (κ3) is 4.90. The van der Waals surface area contributed by atoms with E-state index in [-0.39, 0.29) is 12.0 Å². The third-order valence-corrected chi connectivity index (χ3v) is 6.22. The van der Waals surface area contributed by atoms with Crippen LogP contribution in [0.2, 0.25) is 0 Å². The molecule has 9 heteroatoms. The van der Waals surface area contributed by atoms with Crippen LogP contribution in [0.1, 0.15) is 22.3 Å². The molecule has 0 spiro atoms. The SMILES string of the molecule is CNC(=O)c1ccnc2c(CCNc3cc(-c4ccc(N5CCC(O)C5)nc4)ncn3)cccc12. The summed E-state index contributed by atoms with van der Waals surface area (Å²) in [6.45, 7) is 2.08. The minimum Gasteiger partial charge on any atom is -0.391 e. The number of para-hydroxylation sites is 1. The average molecular weight is 470 g/mol. The van der Waals surface area contributed by atoms with Crippen LogP contribution in [0.4, 0.5) is 11.6 Å². The quantitative estimate of drug-likeness (QED) is 0.378. The Bertz CT molecular complexity index is 1340. The predicted molar refractivity (Wildman–Crippen MR) is 135 cm³/mol. The number of β-amino-alcohol motifs (C(OH)–C–C–N with tert-alkyl or cyclic N) is 1. The molecule has 178 valence electrons. The maximum Gasteiger partial charge on any atom is 0.251 e. The molecule has 1 aliphatic rings. The van der Waals surface area contributed by atoms with E-state index < -0.39 is 0 Å². The van der Waals surface area contributed by atoms with Crippen LogP contribution < -0.4 is 15.5 Å². The Kier molecular flexibility index (Phi) is 6.49. The number of rotatable bonds is 7. The topological polar surface area (TPSA) is 116 Å². The van der Waals surface area contributed by atoms with Gasteiger partial charge in [0, 0.05) is 56.1 Å². The van der Waals surface area contributed by atoms with Crippen LogP contribution in [0, 0.1) is 0 Å². The molecule has 0 aliphatic carbocycles. The zero-order chi connectivity index (χ0) is 24.2. The first-order valence-electron chi connectivity index (χ1n) is 11.7. The number of anilines is 2. The Morgan fingerprint density at radius 3 is 2.83 bits per heavy atom. The lowest BCUT2D eigenvalue weighted by Gasteiger charge is -2.16. The molecule has 3 aromatic heterocycles. The van der Waals surface area contributed by atoms with Crippen molar-refractivity contribution in [1.29, 1.82) is 0 Å². The Morgan fingerprint density at radius 2 is 2.06 bits per heavy atom. The number of benzene rings is 1. The Labute approximate surface area is 203 Å². The number of aliphatic hydroxyl groups excluding tert-OH is 1. The van der Waals surface area contributed by atoms with Gasteiger partial charge in [-0.05, 0) is 36.6 Å². The van der Waals surface area contributed by atoms with Crippen LogP contribution in [0.5, 0.6) is 0 Å². The predicted octanol–water partition coefficient (Wildman–Crippen LogP) is 2.67. The fraction of sp³-hybridized carbons (Fsp3) is 0.269. The number of aromatic nitrogens is 4. The number of pyridine rings is 2. The second kappa shape index (κ2) is 10.0. The van der Waals surface area contributed by atoms with Crippen LogP contribution in [-0.4, -0.2) is 63.7 Å². The molecule has 5 rings (SSSR count). The average Bonchev–Trinajstić information content (AvgIpc) is 3.34. The molecule has 1 saturated heterocycles. The van der Waals surface area contributed by atoms with Crippen molar-refractivity contribution < 1.29 is 9.90 Å². The number of hydrogen-bond acceptors (Lipinski definition) is 8. The van der Waals surface area contributed by atoms with Crippen molar-refractivity contribution in [3.05, 3.63) is 72.3 Å². The minimum atomic E-state index is -0.283. The molecule has 0 bridgehead atoms. The van der Waals surface area contributed by atoms with Gasteiger partial charge in [0.1, 0.15) is 18.0 Å². The van der Waals surface area contributed by atoms with Crippen LogP contribution in [0.25, 0.3) is 22.2 Å². The summed E-state index contributed by atoms with van der Waals surface area (Å²) in [5.41, 5.74) is 4.19. The van der Waals surface area contributed by atoms with Crippen molar-refractivity contribution in [3.63, 3.8) is 0 Å². The highest BCUT2D eigenvalue weighted by Gasteiger charge is 2.21. The molecule has 3 N–H and O–H groups in total. The highest BCUT2D eigenvalue weighted by atomic mass is 16.3. The first-order chi connectivity index (χ1) is 17.1. The summed E-state index contributed by atoms with van der Waals surface area (Å²) in [5, 5.41) is 16.6. The molecule has 1 amide bonds. The molecule has 0 saturated carbocycles. The normalized spacial score (nSPS) is 15.4. The molecule has 1 aliphatic heterocycles. The molecule has 35 heavy (non-hydrogen) atoms. The lowest BCUT2D eigenvalue weighted by Crippen LogP contribution is -2.21. The highest BCUT2D eigenvalue weighted by molar-refractivity contribution is 6.06. The van der Waals surface area contributed by atoms with E-state index in [0.29, 0.717) is 18.7 Å². The summed E-state index contributed by atoms with van der Waals surface area (Å²) in [7, 11) is 1.63. The van der Waals surface area contributed by atoms with E-state index in [4.69, 9.17) is 0 Å². The van der Waals surface area contributed by atoms with Crippen LogP contribution >= 0.6 is 0 Å². The van der Waals surface area contributed by atoms with E-state index in [1.807, 2.05) is 36.4 Å². The molecule has 1 unspecified atom stereocenters. The summed E-state index contributed by atoms with van der Waals surface area (Å²) in [5.74, 6) is 1.46. The van der Waals surface area contributed by atoms with Gasteiger partial charge in [-0.1, -0.05) is 18.2 Å². The van der Waals surface area contributed by atoms with Crippen LogP contribution in [-0.2, 0) is 6.42 Å². The smallest absolute Gasteiger partial charge is 0.251 e. The zero-order valence-electron chi connectivity index (χ0n) is 19.5. The standard InChI is InChI=1S/C26H27N7O2/c1-27-26(35)21-8-11-29-25-17(3-2-4-20(21)25)7-10-28-23-13-22(31-16-32-23)18-5-6-24(30-14-18)33-12-9-19(34)15-33/h2-6,8,11,13-14,16,19,34H,7,9-10,12,15H2,1H3,(H,27,35)(H,28,31,32). The van der Waals surface area contributed by atoms with Gasteiger partial charge in [0.15, 0.2) is 0 Å². The maximum absolute atomic E-state index is 12.2. The van der Waals surface area contributed by atoms with Gasteiger partial charge >= 0.3 is 0 Å². The molecular formula is C26H27N7O2. The Hall–Kier alpha value is -4.11. The molecular weight excluding hydrogens is 442 g/mol. The molecule has 1 atom stereocenters. The van der Waals surface area contributed by atoms with E-state index in [1.165, 1.54) is 6.33 Å². The lowest BCUT2D eigenvalue weighted by atomic mass is 10.0. The number of nitrogens with one attached hydrogen (secondary N) is 2. The van der Waals surface area contributed by atoms with E-state index in [0.717, 1.165) is 58.7 Å². The largest absolute Gasteiger partial charge is 0.391 e. The molecule has 1 aromatic carbocycles. The summed E-state index contributed by atoms with van der Waals surface area (Å²) >= 11 is 0. The van der Waals surface area contributed by atoms with Crippen LogP contribution in [0.15, 0.2) is 61.2 Å². The van der Waals surface area contributed by atoms with Crippen molar-refractivity contribution in [3.8, 4) is 11.3 Å². The van der Waals surface area contributed by atoms with Gasteiger partial charge < -0.3 is 20.6 Å². The number of carbonyl (C=O) groups excluding carboxylic acids is 1. The van der Waals surface area contributed by atoms with Crippen molar-refractivity contribution in [2.24, 2.45) is 0 Å². The van der Waals surface area contributed by atoms with Crippen molar-refractivity contribution in [1.82, 2.24) is 25.3 Å². The molecule has 0 radical (unpaired) electrons. The molecule has 4 aromatic rings. The monoisotopic (exact) mass is 469 g/mol. The van der Waals surface area contributed by atoms with Gasteiger partial charge in [-0.25, -0.2) is 15.0 Å². The molecule has 9 nitrogen and oxygen atoms in total. The van der Waals surface area contributed by atoms with Gasteiger partial charge in [0.05, 0.1) is 22.9 Å². The summed E-state index contributed by atoms with van der Waals surface area (Å²) in [6, 6.07) is 13.5. The van der Waals surface area contributed by atoms with Crippen LogP contribution in [0.3, 0.4) is 0 Å². The lowest BCUT2D eigenvalue weighted by molar-refractivity contribution is 0.0964. The molecule has 1 fully saturated rings. The number of amides is 1. The van der Waals surface area contributed by atoms with Crippen molar-refractivity contribution in [2.75, 3.05) is 36.9 Å². The first-order valence-corrected chi connectivity index (χ1v) is 11.7. The molecule has 4 heterocycles. The van der Waals surface area contributed by atoms with E-state index >= 15 is 0 Å². The fourth-order valence-electron chi connectivity index (χ4n) is 4.38. The van der Waals surface area contributed by atoms with E-state index in [1.54, 1.807) is 25.5 Å². The fourth-order valence-corrected chi connectivity index (χ4v) is 4.38. The summed E-state index contributed by atoms with van der Waals surface area (Å²) in [4.78, 5) is 32.1. The zero-order valence-corrected chi connectivity index (χ0v) is 19.5. The summed E-state index contributed by atoms with van der Waals surface area (Å²) < 4.78 is 0. The highest BCUT2D eigenvalue weighted by Crippen LogP contribution is 2.24. The Morgan fingerprint density at radius 1 is 1.14 bits per heavy atom. The Balaban J connectivity index is 1.26. The number of aliphatic hydroxyl groups is 1. The van der Waals surface area contributed by atoms with Gasteiger partial charge in [-0.2, -0.15) is 0 Å². The second-order valence-electron chi connectivity index (χ2n) is 8.51. The van der Waals surface area contributed by atoms with Crippen molar-refractivity contribution in [2.45, 2.75) is 18.9 Å².